The van der Waals surface area contributed by atoms with Gasteiger partial charge >= 0.3 is 0 Å². The maximum Gasteiger partial charge on any atom is 0.200 e. The lowest BCUT2D eigenvalue weighted by atomic mass is 9.81. The SMILES string of the molecule is CC(C)Nc1ccc(NCCc2ccccc2)c2c1C(=O)c1cccc(O)c1C2=O. The summed E-state index contributed by atoms with van der Waals surface area (Å²) in [6.45, 7) is 4.57. The third kappa shape index (κ3) is 3.54. The minimum Gasteiger partial charge on any atom is -0.507 e. The van der Waals surface area contributed by atoms with E-state index in [4.69, 9.17) is 0 Å². The second-order valence-electron chi connectivity index (χ2n) is 7.73. The normalized spacial score (nSPS) is 12.5. The lowest BCUT2D eigenvalue weighted by Crippen LogP contribution is -2.25. The molecule has 30 heavy (non-hydrogen) atoms. The van der Waals surface area contributed by atoms with Crippen molar-refractivity contribution in [3.8, 4) is 5.75 Å². The van der Waals surface area contributed by atoms with Gasteiger partial charge in [-0.1, -0.05) is 42.5 Å². The Balaban J connectivity index is 1.75. The summed E-state index contributed by atoms with van der Waals surface area (Å²) >= 11 is 0. The highest BCUT2D eigenvalue weighted by Gasteiger charge is 2.35. The van der Waals surface area contributed by atoms with E-state index in [1.807, 2.05) is 44.2 Å². The van der Waals surface area contributed by atoms with Crippen LogP contribution in [0.5, 0.6) is 5.75 Å². The molecule has 0 saturated carbocycles. The molecule has 3 aromatic carbocycles. The zero-order valence-corrected chi connectivity index (χ0v) is 17.0. The van der Waals surface area contributed by atoms with Gasteiger partial charge in [0, 0.05) is 29.5 Å². The van der Waals surface area contributed by atoms with Crippen LogP contribution in [0.25, 0.3) is 0 Å². The predicted octanol–water partition coefficient (Wildman–Crippen LogP) is 4.64. The van der Waals surface area contributed by atoms with E-state index in [1.165, 1.54) is 11.6 Å². The molecule has 0 aromatic heterocycles. The monoisotopic (exact) mass is 400 g/mol. The molecule has 0 radical (unpaired) electrons. The summed E-state index contributed by atoms with van der Waals surface area (Å²) < 4.78 is 0. The van der Waals surface area contributed by atoms with Crippen molar-refractivity contribution in [1.29, 1.82) is 0 Å². The van der Waals surface area contributed by atoms with Crippen LogP contribution in [0.3, 0.4) is 0 Å². The number of hydrogen-bond donors (Lipinski definition) is 3. The second-order valence-corrected chi connectivity index (χ2v) is 7.73. The van der Waals surface area contributed by atoms with Crippen molar-refractivity contribution in [3.63, 3.8) is 0 Å². The Labute approximate surface area is 175 Å². The summed E-state index contributed by atoms with van der Waals surface area (Å²) in [7, 11) is 0. The maximum atomic E-state index is 13.4. The van der Waals surface area contributed by atoms with E-state index in [0.29, 0.717) is 29.0 Å². The molecule has 0 amide bonds. The third-order valence-electron chi connectivity index (χ3n) is 5.19. The number of benzene rings is 3. The molecule has 0 saturated heterocycles. The maximum absolute atomic E-state index is 13.4. The molecule has 3 aromatic rings. The number of phenolic OH excluding ortho intramolecular Hbond substituents is 1. The predicted molar refractivity (Wildman–Crippen MR) is 119 cm³/mol. The summed E-state index contributed by atoms with van der Waals surface area (Å²) in [5.41, 5.74) is 3.39. The van der Waals surface area contributed by atoms with Crippen molar-refractivity contribution >= 4 is 22.9 Å². The molecule has 0 unspecified atom stereocenters. The minimum atomic E-state index is -0.340. The van der Waals surface area contributed by atoms with Crippen LogP contribution in [-0.2, 0) is 6.42 Å². The van der Waals surface area contributed by atoms with Crippen molar-refractivity contribution in [2.75, 3.05) is 17.2 Å². The van der Waals surface area contributed by atoms with Crippen molar-refractivity contribution < 1.29 is 14.7 Å². The number of carbonyl (C=O) groups is 2. The van der Waals surface area contributed by atoms with Crippen molar-refractivity contribution in [1.82, 2.24) is 0 Å². The number of aromatic hydroxyl groups is 1. The zero-order valence-electron chi connectivity index (χ0n) is 17.0. The van der Waals surface area contributed by atoms with E-state index in [9.17, 15) is 14.7 Å². The Morgan fingerprint density at radius 1 is 0.800 bits per heavy atom. The van der Waals surface area contributed by atoms with Gasteiger partial charge in [-0.15, -0.1) is 0 Å². The molecule has 0 bridgehead atoms. The Hall–Kier alpha value is -3.60. The highest BCUT2D eigenvalue weighted by molar-refractivity contribution is 6.32. The lowest BCUT2D eigenvalue weighted by Gasteiger charge is -2.25. The Kier molecular flexibility index (Phi) is 5.27. The van der Waals surface area contributed by atoms with E-state index in [-0.39, 0.29) is 34.5 Å². The number of rotatable bonds is 6. The number of anilines is 2. The van der Waals surface area contributed by atoms with Crippen molar-refractivity contribution in [3.05, 3.63) is 88.5 Å². The van der Waals surface area contributed by atoms with Crippen LogP contribution in [-0.4, -0.2) is 29.3 Å². The second kappa shape index (κ2) is 8.03. The van der Waals surface area contributed by atoms with Crippen LogP contribution >= 0.6 is 0 Å². The molecule has 0 atom stereocenters. The van der Waals surface area contributed by atoms with E-state index in [2.05, 4.69) is 22.8 Å². The average Bonchev–Trinajstić information content (AvgIpc) is 2.73. The first-order chi connectivity index (χ1) is 14.5. The summed E-state index contributed by atoms with van der Waals surface area (Å²) in [4.78, 5) is 26.7. The molecule has 0 aliphatic heterocycles. The fourth-order valence-electron chi connectivity index (χ4n) is 3.87. The van der Waals surface area contributed by atoms with E-state index in [0.717, 1.165) is 6.42 Å². The number of carbonyl (C=O) groups excluding carboxylic acids is 2. The van der Waals surface area contributed by atoms with Gasteiger partial charge in [-0.25, -0.2) is 0 Å². The minimum absolute atomic E-state index is 0.0720. The molecular weight excluding hydrogens is 376 g/mol. The number of fused-ring (bicyclic) bond motifs is 2. The number of phenols is 1. The molecule has 4 rings (SSSR count). The summed E-state index contributed by atoms with van der Waals surface area (Å²) in [6.07, 6.45) is 0.783. The molecule has 5 heteroatoms. The Morgan fingerprint density at radius 3 is 2.23 bits per heavy atom. The third-order valence-corrected chi connectivity index (χ3v) is 5.19. The smallest absolute Gasteiger partial charge is 0.200 e. The zero-order chi connectivity index (χ0) is 21.3. The van der Waals surface area contributed by atoms with Crippen LogP contribution in [0, 0.1) is 0 Å². The number of hydrogen-bond acceptors (Lipinski definition) is 5. The van der Waals surface area contributed by atoms with Gasteiger partial charge in [-0.3, -0.25) is 9.59 Å². The van der Waals surface area contributed by atoms with Gasteiger partial charge in [0.15, 0.2) is 11.6 Å². The fourth-order valence-corrected chi connectivity index (χ4v) is 3.87. The molecule has 1 aliphatic carbocycles. The van der Waals surface area contributed by atoms with Crippen molar-refractivity contribution in [2.45, 2.75) is 26.3 Å². The fraction of sp³-hybridized carbons (Fsp3) is 0.200. The van der Waals surface area contributed by atoms with Gasteiger partial charge in [0.2, 0.25) is 0 Å². The van der Waals surface area contributed by atoms with Gasteiger partial charge in [-0.2, -0.15) is 0 Å². The van der Waals surface area contributed by atoms with E-state index in [1.54, 1.807) is 12.1 Å². The molecule has 152 valence electrons. The first kappa shape index (κ1) is 19.7. The molecule has 0 spiro atoms. The lowest BCUT2D eigenvalue weighted by molar-refractivity contribution is 0.0977. The van der Waals surface area contributed by atoms with E-state index >= 15 is 0 Å². The Morgan fingerprint density at radius 2 is 1.50 bits per heavy atom. The first-order valence-corrected chi connectivity index (χ1v) is 10.1. The van der Waals surface area contributed by atoms with Gasteiger partial charge < -0.3 is 15.7 Å². The van der Waals surface area contributed by atoms with Gasteiger partial charge in [0.25, 0.3) is 0 Å². The van der Waals surface area contributed by atoms with Crippen LogP contribution in [0.4, 0.5) is 11.4 Å². The van der Waals surface area contributed by atoms with Crippen LogP contribution in [0.15, 0.2) is 60.7 Å². The largest absolute Gasteiger partial charge is 0.507 e. The molecule has 1 aliphatic rings. The topological polar surface area (TPSA) is 78.4 Å². The molecule has 5 nitrogen and oxygen atoms in total. The van der Waals surface area contributed by atoms with Gasteiger partial charge in [0.1, 0.15) is 5.75 Å². The molecule has 0 fully saturated rings. The Bertz CT molecular complexity index is 1120. The van der Waals surface area contributed by atoms with E-state index < -0.39 is 0 Å². The summed E-state index contributed by atoms with van der Waals surface area (Å²) in [5.74, 6) is -0.772. The highest BCUT2D eigenvalue weighted by Crippen LogP contribution is 2.39. The number of ketones is 2. The van der Waals surface area contributed by atoms with Crippen molar-refractivity contribution in [2.24, 2.45) is 0 Å². The highest BCUT2D eigenvalue weighted by atomic mass is 16.3. The van der Waals surface area contributed by atoms with Crippen LogP contribution < -0.4 is 10.6 Å². The molecule has 3 N–H and O–H groups in total. The standard InChI is InChI=1S/C25H24N2O3/c1-15(2)27-19-12-11-18(26-14-13-16-7-4-3-5-8-16)22-23(19)24(29)17-9-6-10-20(28)21(17)25(22)30/h3-12,15,26-28H,13-14H2,1-2H3. The molecule has 0 heterocycles. The average molecular weight is 400 g/mol. The first-order valence-electron chi connectivity index (χ1n) is 10.1. The summed E-state index contributed by atoms with van der Waals surface area (Å²) in [6, 6.07) is 18.4. The van der Waals surface area contributed by atoms with Gasteiger partial charge in [-0.05, 0) is 44.0 Å². The number of nitrogens with one attached hydrogen (secondary N) is 2. The summed E-state index contributed by atoms with van der Waals surface area (Å²) in [5, 5.41) is 16.9. The quantitative estimate of drug-likeness (QED) is 0.439. The van der Waals surface area contributed by atoms with Gasteiger partial charge in [0.05, 0.1) is 16.7 Å². The van der Waals surface area contributed by atoms with Crippen LogP contribution in [0.1, 0.15) is 51.3 Å². The molecular formula is C25H24N2O3. The van der Waals surface area contributed by atoms with Crippen LogP contribution in [0.2, 0.25) is 0 Å².